The minimum atomic E-state index is -1.71. The van der Waals surface area contributed by atoms with E-state index in [0.29, 0.717) is 22.7 Å². The zero-order valence-electron chi connectivity index (χ0n) is 14.5. The van der Waals surface area contributed by atoms with Gasteiger partial charge < -0.3 is 14.8 Å². The third-order valence-electron chi connectivity index (χ3n) is 4.73. The molecular formula is C19H17N3O5. The van der Waals surface area contributed by atoms with Crippen LogP contribution in [0.15, 0.2) is 48.5 Å². The van der Waals surface area contributed by atoms with Gasteiger partial charge in [-0.25, -0.2) is 4.79 Å². The number of nitrogens with zero attached hydrogens (tertiary/aromatic N) is 1. The average Bonchev–Trinajstić information content (AvgIpc) is 3.11. The van der Waals surface area contributed by atoms with Crippen LogP contribution in [0.1, 0.15) is 5.56 Å². The molecule has 27 heavy (non-hydrogen) atoms. The van der Waals surface area contributed by atoms with Gasteiger partial charge in [0.15, 0.2) is 11.5 Å². The van der Waals surface area contributed by atoms with Crippen molar-refractivity contribution in [3.8, 4) is 11.5 Å². The predicted octanol–water partition coefficient (Wildman–Crippen LogP) is 1.47. The van der Waals surface area contributed by atoms with E-state index in [0.717, 1.165) is 0 Å². The Morgan fingerprint density at radius 1 is 0.926 bits per heavy atom. The standard InChI is InChI=1S/C19H17N3O5/c1-26-14-8-4-5-9-15(14)27-11-10-22-18(25)21-17(24)19(22)12-6-2-3-7-13(12)20-16(19)23/h2-9H,10-11H2,1H3,(H,20,23)(H,21,24,25)/t19-/m1/s1. The number of amides is 4. The number of imide groups is 1. The van der Waals surface area contributed by atoms with Crippen molar-refractivity contribution >= 4 is 23.5 Å². The van der Waals surface area contributed by atoms with Gasteiger partial charge in [0.05, 0.1) is 13.7 Å². The van der Waals surface area contributed by atoms with Crippen molar-refractivity contribution in [3.63, 3.8) is 0 Å². The first-order valence-corrected chi connectivity index (χ1v) is 8.39. The highest BCUT2D eigenvalue weighted by atomic mass is 16.5. The van der Waals surface area contributed by atoms with Crippen molar-refractivity contribution in [1.29, 1.82) is 0 Å². The van der Waals surface area contributed by atoms with Gasteiger partial charge in [0.2, 0.25) is 5.54 Å². The second kappa shape index (κ2) is 6.31. The number of methoxy groups -OCH3 is 1. The minimum Gasteiger partial charge on any atom is -0.493 e. The third kappa shape index (κ3) is 2.41. The summed E-state index contributed by atoms with van der Waals surface area (Å²) in [7, 11) is 1.53. The van der Waals surface area contributed by atoms with E-state index in [2.05, 4.69) is 10.6 Å². The normalized spacial score (nSPS) is 20.5. The SMILES string of the molecule is COc1ccccc1OCCN1C(=O)NC(=O)[C@@]12C(=O)Nc1ccccc12. The van der Waals surface area contributed by atoms with Gasteiger partial charge in [-0.3, -0.25) is 19.8 Å². The van der Waals surface area contributed by atoms with Gasteiger partial charge in [-0.1, -0.05) is 30.3 Å². The Bertz CT molecular complexity index is 944. The second-order valence-electron chi connectivity index (χ2n) is 6.12. The summed E-state index contributed by atoms with van der Waals surface area (Å²) in [4.78, 5) is 39.0. The molecular weight excluding hydrogens is 350 g/mol. The van der Waals surface area contributed by atoms with E-state index in [1.165, 1.54) is 12.0 Å². The fourth-order valence-corrected chi connectivity index (χ4v) is 3.52. The molecule has 0 aliphatic carbocycles. The monoisotopic (exact) mass is 367 g/mol. The molecule has 2 aromatic rings. The van der Waals surface area contributed by atoms with Gasteiger partial charge in [-0.05, 0) is 18.2 Å². The lowest BCUT2D eigenvalue weighted by Crippen LogP contribution is -2.53. The Morgan fingerprint density at radius 2 is 1.59 bits per heavy atom. The van der Waals surface area contributed by atoms with Gasteiger partial charge in [0.25, 0.3) is 11.8 Å². The number of hydrogen-bond acceptors (Lipinski definition) is 5. The van der Waals surface area contributed by atoms with E-state index in [4.69, 9.17) is 9.47 Å². The highest BCUT2D eigenvalue weighted by Crippen LogP contribution is 2.43. The molecule has 8 heteroatoms. The van der Waals surface area contributed by atoms with Crippen LogP contribution in [-0.2, 0) is 15.1 Å². The van der Waals surface area contributed by atoms with Crippen LogP contribution in [0.4, 0.5) is 10.5 Å². The van der Waals surface area contributed by atoms with Crippen LogP contribution < -0.4 is 20.1 Å². The first kappa shape index (κ1) is 16.9. The first-order chi connectivity index (χ1) is 13.1. The van der Waals surface area contributed by atoms with E-state index in [-0.39, 0.29) is 13.2 Å². The van der Waals surface area contributed by atoms with Crippen molar-refractivity contribution in [2.45, 2.75) is 5.54 Å². The lowest BCUT2D eigenvalue weighted by molar-refractivity contribution is -0.137. The summed E-state index contributed by atoms with van der Waals surface area (Å²) >= 11 is 0. The van der Waals surface area contributed by atoms with Gasteiger partial charge in [-0.2, -0.15) is 0 Å². The van der Waals surface area contributed by atoms with E-state index >= 15 is 0 Å². The molecule has 1 atom stereocenters. The van der Waals surface area contributed by atoms with Crippen molar-refractivity contribution in [2.24, 2.45) is 0 Å². The van der Waals surface area contributed by atoms with Gasteiger partial charge >= 0.3 is 6.03 Å². The Balaban J connectivity index is 1.61. The zero-order valence-corrected chi connectivity index (χ0v) is 14.5. The number of hydrogen-bond donors (Lipinski definition) is 2. The number of carbonyl (C=O) groups is 3. The molecule has 1 fully saturated rings. The van der Waals surface area contributed by atoms with E-state index in [9.17, 15) is 14.4 Å². The lowest BCUT2D eigenvalue weighted by Gasteiger charge is -2.29. The maximum Gasteiger partial charge on any atom is 0.325 e. The molecule has 8 nitrogen and oxygen atoms in total. The molecule has 138 valence electrons. The van der Waals surface area contributed by atoms with Crippen LogP contribution in [0.2, 0.25) is 0 Å². The Kier molecular flexibility index (Phi) is 3.95. The van der Waals surface area contributed by atoms with E-state index in [1.54, 1.807) is 42.5 Å². The zero-order chi connectivity index (χ0) is 19.0. The summed E-state index contributed by atoms with van der Waals surface area (Å²) in [5, 5.41) is 4.93. The predicted molar refractivity (Wildman–Crippen MR) is 95.5 cm³/mol. The Hall–Kier alpha value is -3.55. The summed E-state index contributed by atoms with van der Waals surface area (Å²) in [6.07, 6.45) is 0. The number of ether oxygens (including phenoxy) is 2. The molecule has 0 unspecified atom stereocenters. The van der Waals surface area contributed by atoms with E-state index < -0.39 is 23.4 Å². The average molecular weight is 367 g/mol. The number of anilines is 1. The largest absolute Gasteiger partial charge is 0.493 e. The fraction of sp³-hybridized carbons (Fsp3) is 0.211. The Labute approximate surface area is 155 Å². The van der Waals surface area contributed by atoms with Crippen LogP contribution in [0.25, 0.3) is 0 Å². The smallest absolute Gasteiger partial charge is 0.325 e. The van der Waals surface area contributed by atoms with Gasteiger partial charge in [0, 0.05) is 11.3 Å². The fourth-order valence-electron chi connectivity index (χ4n) is 3.52. The molecule has 2 heterocycles. The number of urea groups is 1. The third-order valence-corrected chi connectivity index (χ3v) is 4.73. The molecule has 4 rings (SSSR count). The number of para-hydroxylation sites is 3. The molecule has 2 aliphatic heterocycles. The van der Waals surface area contributed by atoms with Crippen LogP contribution >= 0.6 is 0 Å². The molecule has 0 radical (unpaired) electrons. The number of carbonyl (C=O) groups excluding carboxylic acids is 3. The van der Waals surface area contributed by atoms with Crippen molar-refractivity contribution < 1.29 is 23.9 Å². The molecule has 2 aliphatic rings. The molecule has 1 saturated heterocycles. The van der Waals surface area contributed by atoms with Gasteiger partial charge in [0.1, 0.15) is 6.61 Å². The lowest BCUT2D eigenvalue weighted by atomic mass is 9.90. The second-order valence-corrected chi connectivity index (χ2v) is 6.12. The summed E-state index contributed by atoms with van der Waals surface area (Å²) in [5.74, 6) is -0.147. The van der Waals surface area contributed by atoms with Crippen LogP contribution in [-0.4, -0.2) is 43.0 Å². The van der Waals surface area contributed by atoms with Crippen molar-refractivity contribution in [3.05, 3.63) is 54.1 Å². The Morgan fingerprint density at radius 3 is 2.37 bits per heavy atom. The highest BCUT2D eigenvalue weighted by Gasteiger charge is 2.63. The summed E-state index contributed by atoms with van der Waals surface area (Å²) in [6, 6.07) is 13.3. The number of benzene rings is 2. The molecule has 0 aromatic heterocycles. The highest BCUT2D eigenvalue weighted by molar-refractivity contribution is 6.26. The van der Waals surface area contributed by atoms with Gasteiger partial charge in [-0.15, -0.1) is 0 Å². The number of nitrogens with one attached hydrogen (secondary N) is 2. The number of rotatable bonds is 5. The summed E-state index contributed by atoms with van der Waals surface area (Å²) in [5.41, 5.74) is -0.740. The molecule has 2 N–H and O–H groups in total. The number of fused-ring (bicyclic) bond motifs is 2. The van der Waals surface area contributed by atoms with Crippen LogP contribution in [0, 0.1) is 0 Å². The topological polar surface area (TPSA) is 97.0 Å². The molecule has 0 saturated carbocycles. The van der Waals surface area contributed by atoms with Crippen molar-refractivity contribution in [2.75, 3.05) is 25.6 Å². The molecule has 0 bridgehead atoms. The molecule has 2 aromatic carbocycles. The van der Waals surface area contributed by atoms with Crippen LogP contribution in [0.5, 0.6) is 11.5 Å². The maximum atomic E-state index is 12.7. The summed E-state index contributed by atoms with van der Waals surface area (Å²) < 4.78 is 10.9. The molecule has 1 spiro atoms. The van der Waals surface area contributed by atoms with Crippen LogP contribution in [0.3, 0.4) is 0 Å². The first-order valence-electron chi connectivity index (χ1n) is 8.39. The minimum absolute atomic E-state index is 0.0391. The van der Waals surface area contributed by atoms with E-state index in [1.807, 2.05) is 6.07 Å². The maximum absolute atomic E-state index is 12.7. The van der Waals surface area contributed by atoms with Crippen molar-refractivity contribution in [1.82, 2.24) is 10.2 Å². The summed E-state index contributed by atoms with van der Waals surface area (Å²) in [6.45, 7) is 0.121. The quantitative estimate of drug-likeness (QED) is 0.616. The molecule has 4 amide bonds.